The third kappa shape index (κ3) is 6.15. The van der Waals surface area contributed by atoms with Crippen molar-refractivity contribution < 1.29 is 14.3 Å². The molecule has 1 amide bonds. The minimum atomic E-state index is -0.127. The average Bonchev–Trinajstić information content (AvgIpc) is 3.48. The normalized spacial score (nSPS) is 25.4. The second-order valence-electron chi connectivity index (χ2n) is 12.6. The van der Waals surface area contributed by atoms with Gasteiger partial charge in [-0.2, -0.15) is 9.61 Å². The standard InChI is InChI=1S/C31H45N7O3/c1-21(2)27-18-32-38-29(17-28(34-30(27)38)22-9-13-40-14-10-22)33-23-15-24-7-8-25(16-23)37(24)31(39)41-26-19-36(20-26)12-6-5-11-35(3)4/h5-6,9,17-18,21,23-26,33H,7-8,10-16,19-20H2,1-4H3/b6-5+. The highest BCUT2D eigenvalue weighted by Crippen LogP contribution is 2.38. The summed E-state index contributed by atoms with van der Waals surface area (Å²) >= 11 is 0. The highest BCUT2D eigenvalue weighted by molar-refractivity contribution is 5.70. The van der Waals surface area contributed by atoms with E-state index in [4.69, 9.17) is 19.6 Å². The number of rotatable bonds is 9. The number of fused-ring (bicyclic) bond motifs is 3. The Morgan fingerprint density at radius 1 is 1.22 bits per heavy atom. The van der Waals surface area contributed by atoms with Crippen LogP contribution in [0.15, 0.2) is 30.5 Å². The fraction of sp³-hybridized carbons (Fsp3) is 0.645. The number of nitrogens with zero attached hydrogens (tertiary/aromatic N) is 6. The monoisotopic (exact) mass is 563 g/mol. The Morgan fingerprint density at radius 2 is 2.00 bits per heavy atom. The lowest BCUT2D eigenvalue weighted by atomic mass is 9.97. The van der Waals surface area contributed by atoms with Gasteiger partial charge >= 0.3 is 6.09 Å². The maximum Gasteiger partial charge on any atom is 0.410 e. The van der Waals surface area contributed by atoms with Crippen molar-refractivity contribution in [3.8, 4) is 0 Å². The third-order valence-electron chi connectivity index (χ3n) is 8.90. The molecule has 0 aromatic carbocycles. The maximum absolute atomic E-state index is 13.2. The van der Waals surface area contributed by atoms with E-state index in [0.29, 0.717) is 12.5 Å². The molecule has 0 aliphatic carbocycles. The predicted octanol–water partition coefficient (Wildman–Crippen LogP) is 4.00. The van der Waals surface area contributed by atoms with Crippen molar-refractivity contribution in [3.63, 3.8) is 0 Å². The molecule has 3 saturated heterocycles. The molecule has 10 nitrogen and oxygen atoms in total. The molecular formula is C31H45N7O3. The summed E-state index contributed by atoms with van der Waals surface area (Å²) in [4.78, 5) is 24.8. The second kappa shape index (κ2) is 12.1. The van der Waals surface area contributed by atoms with Gasteiger partial charge in [-0.1, -0.05) is 32.1 Å². The van der Waals surface area contributed by atoms with E-state index in [0.717, 1.165) is 87.6 Å². The van der Waals surface area contributed by atoms with E-state index in [-0.39, 0.29) is 30.3 Å². The lowest BCUT2D eigenvalue weighted by Gasteiger charge is -2.42. The summed E-state index contributed by atoms with van der Waals surface area (Å²) in [6.07, 6.45) is 13.1. The van der Waals surface area contributed by atoms with Crippen molar-refractivity contribution in [2.75, 3.05) is 58.8 Å². The average molecular weight is 564 g/mol. The van der Waals surface area contributed by atoms with Crippen LogP contribution in [0, 0.1) is 0 Å². The third-order valence-corrected chi connectivity index (χ3v) is 8.90. The van der Waals surface area contributed by atoms with Crippen molar-refractivity contribution in [3.05, 3.63) is 41.7 Å². The number of amides is 1. The topological polar surface area (TPSA) is 87.5 Å². The molecule has 2 unspecified atom stereocenters. The summed E-state index contributed by atoms with van der Waals surface area (Å²) in [5.74, 6) is 1.30. The van der Waals surface area contributed by atoms with Crippen molar-refractivity contribution >= 4 is 23.1 Å². The Balaban J connectivity index is 1.09. The summed E-state index contributed by atoms with van der Waals surface area (Å²) in [5, 5.41) is 8.55. The molecule has 0 saturated carbocycles. The van der Waals surface area contributed by atoms with Crippen LogP contribution in [-0.2, 0) is 9.47 Å². The lowest BCUT2D eigenvalue weighted by Crippen LogP contribution is -2.56. The van der Waals surface area contributed by atoms with Crippen molar-refractivity contribution in [1.82, 2.24) is 29.3 Å². The number of piperidine rings is 1. The lowest BCUT2D eigenvalue weighted by molar-refractivity contribution is -0.0306. The first-order valence-electron chi connectivity index (χ1n) is 15.3. The van der Waals surface area contributed by atoms with Crippen molar-refractivity contribution in [1.29, 1.82) is 0 Å². The van der Waals surface area contributed by atoms with E-state index in [1.54, 1.807) is 0 Å². The molecule has 0 spiro atoms. The first-order valence-corrected chi connectivity index (χ1v) is 15.3. The molecule has 222 valence electrons. The van der Waals surface area contributed by atoms with Gasteiger partial charge in [-0.15, -0.1) is 0 Å². The van der Waals surface area contributed by atoms with Crippen LogP contribution in [0.5, 0.6) is 0 Å². The Bertz CT molecular complexity index is 1280. The Morgan fingerprint density at radius 3 is 2.68 bits per heavy atom. The number of likely N-dealkylation sites (tertiary alicyclic amines) is 1. The largest absolute Gasteiger partial charge is 0.443 e. The van der Waals surface area contributed by atoms with E-state index in [1.165, 1.54) is 5.57 Å². The molecule has 6 rings (SSSR count). The van der Waals surface area contributed by atoms with E-state index in [2.05, 4.69) is 67.4 Å². The maximum atomic E-state index is 13.2. The first-order chi connectivity index (χ1) is 19.9. The van der Waals surface area contributed by atoms with E-state index in [1.807, 2.05) is 15.6 Å². The molecule has 10 heteroatoms. The number of anilines is 1. The van der Waals surface area contributed by atoms with Gasteiger partial charge in [0.25, 0.3) is 0 Å². The minimum absolute atomic E-state index is 0.00187. The van der Waals surface area contributed by atoms with Crippen LogP contribution < -0.4 is 5.32 Å². The molecule has 41 heavy (non-hydrogen) atoms. The number of ether oxygens (including phenoxy) is 2. The first kappa shape index (κ1) is 28.2. The van der Waals surface area contributed by atoms with E-state index < -0.39 is 0 Å². The van der Waals surface area contributed by atoms with Gasteiger partial charge in [0.05, 0.1) is 25.1 Å². The number of hydrogen-bond donors (Lipinski definition) is 1. The van der Waals surface area contributed by atoms with Gasteiger partial charge in [0.1, 0.15) is 11.9 Å². The quantitative estimate of drug-likeness (QED) is 0.458. The summed E-state index contributed by atoms with van der Waals surface area (Å²) in [6, 6.07) is 2.82. The smallest absolute Gasteiger partial charge is 0.410 e. The SMILES string of the molecule is CC(C)c1cnn2c(NC3CC4CCC(C3)N4C(=O)OC3CN(C/C=C/CN(C)C)C3)cc(C3=CCOCC3)nc12. The Kier molecular flexibility index (Phi) is 8.33. The van der Waals surface area contributed by atoms with E-state index >= 15 is 0 Å². The fourth-order valence-corrected chi connectivity index (χ4v) is 6.67. The Labute approximate surface area is 243 Å². The molecule has 2 atom stereocenters. The van der Waals surface area contributed by atoms with Gasteiger partial charge in [-0.25, -0.2) is 9.78 Å². The van der Waals surface area contributed by atoms with Crippen LogP contribution in [0.2, 0.25) is 0 Å². The minimum Gasteiger partial charge on any atom is -0.443 e. The van der Waals surface area contributed by atoms with Crippen LogP contribution in [0.25, 0.3) is 11.2 Å². The second-order valence-corrected chi connectivity index (χ2v) is 12.6. The van der Waals surface area contributed by atoms with Gasteiger partial charge in [-0.05, 0) is 57.7 Å². The van der Waals surface area contributed by atoms with Gasteiger partial charge in [0.2, 0.25) is 0 Å². The van der Waals surface area contributed by atoms with Gasteiger partial charge in [0.15, 0.2) is 5.65 Å². The van der Waals surface area contributed by atoms with Gasteiger partial charge in [0, 0.05) is 55.9 Å². The highest BCUT2D eigenvalue weighted by atomic mass is 16.6. The zero-order chi connectivity index (χ0) is 28.5. The van der Waals surface area contributed by atoms with Crippen LogP contribution in [0.3, 0.4) is 0 Å². The number of carbonyl (C=O) groups excluding carboxylic acids is 1. The molecule has 2 aromatic rings. The molecule has 4 aliphatic heterocycles. The molecule has 0 radical (unpaired) electrons. The molecule has 2 aromatic heterocycles. The van der Waals surface area contributed by atoms with Crippen LogP contribution in [0.1, 0.15) is 63.1 Å². The van der Waals surface area contributed by atoms with Gasteiger partial charge < -0.3 is 24.6 Å². The summed E-state index contributed by atoms with van der Waals surface area (Å²) in [7, 11) is 4.13. The molecule has 4 aliphatic rings. The highest BCUT2D eigenvalue weighted by Gasteiger charge is 2.45. The fourth-order valence-electron chi connectivity index (χ4n) is 6.67. The number of hydrogen-bond acceptors (Lipinski definition) is 8. The number of aromatic nitrogens is 3. The van der Waals surface area contributed by atoms with Crippen LogP contribution in [-0.4, -0.2) is 113 Å². The van der Waals surface area contributed by atoms with Crippen molar-refractivity contribution in [2.24, 2.45) is 0 Å². The zero-order valence-corrected chi connectivity index (χ0v) is 25.0. The molecule has 2 bridgehead atoms. The molecule has 3 fully saturated rings. The zero-order valence-electron chi connectivity index (χ0n) is 25.0. The molecule has 6 heterocycles. The molecular weight excluding hydrogens is 518 g/mol. The van der Waals surface area contributed by atoms with Crippen LogP contribution >= 0.6 is 0 Å². The van der Waals surface area contributed by atoms with Crippen LogP contribution in [0.4, 0.5) is 10.6 Å². The number of likely N-dealkylation sites (N-methyl/N-ethyl adjacent to an activating group) is 1. The van der Waals surface area contributed by atoms with Crippen molar-refractivity contribution in [2.45, 2.75) is 76.1 Å². The summed E-state index contributed by atoms with van der Waals surface area (Å²) in [5.41, 5.74) is 4.30. The van der Waals surface area contributed by atoms with Gasteiger partial charge in [-0.3, -0.25) is 4.90 Å². The molecule has 1 N–H and O–H groups in total. The number of carbonyl (C=O) groups is 1. The summed E-state index contributed by atoms with van der Waals surface area (Å²) < 4.78 is 13.5. The van der Waals surface area contributed by atoms with E-state index in [9.17, 15) is 4.79 Å². The summed E-state index contributed by atoms with van der Waals surface area (Å²) in [6.45, 7) is 9.21. The number of nitrogens with one attached hydrogen (secondary N) is 1. The Hall–Kier alpha value is -2.95. The predicted molar refractivity (Wildman–Crippen MR) is 160 cm³/mol.